The van der Waals surface area contributed by atoms with Crippen molar-refractivity contribution in [2.45, 2.75) is 0 Å². The molecule has 0 aliphatic carbocycles. The maximum absolute atomic E-state index is 5.07. The molecule has 0 aliphatic heterocycles. The first-order valence-corrected chi connectivity index (χ1v) is 14.2. The summed E-state index contributed by atoms with van der Waals surface area (Å²) in [6.07, 6.45) is 0. The van der Waals surface area contributed by atoms with Gasteiger partial charge in [-0.1, -0.05) is 103 Å². The van der Waals surface area contributed by atoms with E-state index < -0.39 is 0 Å². The number of para-hydroxylation sites is 3. The molecule has 0 atom stereocenters. The Hall–Kier alpha value is -4.73. The van der Waals surface area contributed by atoms with Gasteiger partial charge in [0.1, 0.15) is 5.82 Å². The van der Waals surface area contributed by atoms with Crippen LogP contribution < -0.4 is 0 Å². The van der Waals surface area contributed by atoms with Gasteiger partial charge in [-0.3, -0.25) is 4.57 Å². The zero-order chi connectivity index (χ0) is 26.6. The Morgan fingerprint density at radius 2 is 1.05 bits per heavy atom. The minimum Gasteiger partial charge on any atom is -0.292 e. The predicted octanol–water partition coefficient (Wildman–Crippen LogP) is 10.6. The van der Waals surface area contributed by atoms with Gasteiger partial charge in [0.15, 0.2) is 0 Å². The van der Waals surface area contributed by atoms with E-state index in [-0.39, 0.29) is 0 Å². The Morgan fingerprint density at radius 3 is 1.75 bits per heavy atom. The summed E-state index contributed by atoms with van der Waals surface area (Å²) in [5.41, 5.74) is 6.79. The molecule has 8 aromatic rings. The van der Waals surface area contributed by atoms with Gasteiger partial charge in [-0.05, 0) is 95.8 Å². The molecule has 0 aliphatic rings. The normalized spacial score (nSPS) is 11.6. The fourth-order valence-corrected chi connectivity index (χ4v) is 6.68. The molecule has 40 heavy (non-hydrogen) atoms. The van der Waals surface area contributed by atoms with Crippen molar-refractivity contribution in [1.82, 2.24) is 9.55 Å². The molecule has 0 fully saturated rings. The minimum atomic E-state index is 0.947. The van der Waals surface area contributed by atoms with Gasteiger partial charge in [-0.25, -0.2) is 4.98 Å². The van der Waals surface area contributed by atoms with Gasteiger partial charge >= 0.3 is 0 Å². The van der Waals surface area contributed by atoms with Crippen LogP contribution in [0.3, 0.4) is 0 Å². The summed E-state index contributed by atoms with van der Waals surface area (Å²) in [7, 11) is 0. The van der Waals surface area contributed by atoms with Crippen LogP contribution in [0.2, 0.25) is 0 Å². The van der Waals surface area contributed by atoms with Gasteiger partial charge < -0.3 is 0 Å². The molecule has 0 N–H and O–H groups in total. The summed E-state index contributed by atoms with van der Waals surface area (Å²) < 4.78 is 3.40. The Morgan fingerprint density at radius 1 is 0.500 bits per heavy atom. The second-order valence-corrected chi connectivity index (χ2v) is 10.9. The number of aromatic nitrogens is 2. The largest absolute Gasteiger partial charge is 0.292 e. The molecule has 7 aromatic carbocycles. The highest BCUT2D eigenvalue weighted by Crippen LogP contribution is 2.42. The standard InChI is InChI=1S/C37H23BrN2/c38-36-31-14-6-4-12-29(31)35(30-13-5-7-15-32(30)36)26-20-18-25-23-27(21-19-24(25)22-26)37-39-33-16-8-9-17-34(33)40(37)28-10-2-1-3-11-28/h1-23H. The minimum absolute atomic E-state index is 0.947. The third kappa shape index (κ3) is 3.59. The van der Waals surface area contributed by atoms with Crippen LogP contribution in [-0.4, -0.2) is 9.55 Å². The number of fused-ring (bicyclic) bond motifs is 4. The molecule has 0 amide bonds. The van der Waals surface area contributed by atoms with Crippen LogP contribution in [0.4, 0.5) is 0 Å². The number of nitrogens with zero attached hydrogens (tertiary/aromatic N) is 2. The molecule has 0 unspecified atom stereocenters. The number of rotatable bonds is 3. The number of hydrogen-bond donors (Lipinski definition) is 0. The Labute approximate surface area is 240 Å². The van der Waals surface area contributed by atoms with Crippen LogP contribution in [0, 0.1) is 0 Å². The second kappa shape index (κ2) is 9.18. The third-order valence-electron chi connectivity index (χ3n) is 7.83. The van der Waals surface area contributed by atoms with Crippen molar-refractivity contribution in [2.24, 2.45) is 0 Å². The van der Waals surface area contributed by atoms with Gasteiger partial charge in [0, 0.05) is 15.7 Å². The molecule has 8 rings (SSSR count). The lowest BCUT2D eigenvalue weighted by atomic mass is 9.91. The van der Waals surface area contributed by atoms with E-state index in [1.54, 1.807) is 0 Å². The van der Waals surface area contributed by atoms with E-state index in [0.29, 0.717) is 0 Å². The lowest BCUT2D eigenvalue weighted by Crippen LogP contribution is -1.97. The lowest BCUT2D eigenvalue weighted by Gasteiger charge is -2.15. The molecule has 2 nitrogen and oxygen atoms in total. The fraction of sp³-hybridized carbons (Fsp3) is 0. The molecule has 0 spiro atoms. The fourth-order valence-electron chi connectivity index (χ4n) is 5.98. The SMILES string of the molecule is Brc1c2ccccc2c(-c2ccc3cc(-c4nc5ccccc5n4-c4ccccc4)ccc3c2)c2ccccc12. The highest BCUT2D eigenvalue weighted by atomic mass is 79.9. The maximum Gasteiger partial charge on any atom is 0.145 e. The lowest BCUT2D eigenvalue weighted by molar-refractivity contribution is 1.10. The first-order valence-electron chi connectivity index (χ1n) is 13.4. The maximum atomic E-state index is 5.07. The van der Waals surface area contributed by atoms with E-state index >= 15 is 0 Å². The summed E-state index contributed by atoms with van der Waals surface area (Å²) in [5.74, 6) is 0.947. The van der Waals surface area contributed by atoms with E-state index in [1.807, 2.05) is 12.1 Å². The van der Waals surface area contributed by atoms with Crippen molar-refractivity contribution in [3.05, 3.63) is 144 Å². The highest BCUT2D eigenvalue weighted by Gasteiger charge is 2.16. The van der Waals surface area contributed by atoms with Crippen LogP contribution in [0.5, 0.6) is 0 Å². The Kier molecular flexibility index (Phi) is 5.32. The van der Waals surface area contributed by atoms with Gasteiger partial charge in [0.2, 0.25) is 0 Å². The zero-order valence-electron chi connectivity index (χ0n) is 21.6. The van der Waals surface area contributed by atoms with Crippen molar-refractivity contribution in [3.63, 3.8) is 0 Å². The molecule has 0 radical (unpaired) electrons. The van der Waals surface area contributed by atoms with Gasteiger partial charge in [0.25, 0.3) is 0 Å². The van der Waals surface area contributed by atoms with Crippen LogP contribution >= 0.6 is 15.9 Å². The third-order valence-corrected chi connectivity index (χ3v) is 8.68. The van der Waals surface area contributed by atoms with Gasteiger partial charge in [0.05, 0.1) is 11.0 Å². The van der Waals surface area contributed by atoms with Crippen molar-refractivity contribution < 1.29 is 0 Å². The first kappa shape index (κ1) is 23.2. The van der Waals surface area contributed by atoms with Crippen molar-refractivity contribution >= 4 is 59.3 Å². The van der Waals surface area contributed by atoms with Crippen LogP contribution in [0.15, 0.2) is 144 Å². The van der Waals surface area contributed by atoms with Crippen LogP contribution in [0.1, 0.15) is 0 Å². The van der Waals surface area contributed by atoms with Crippen molar-refractivity contribution in [1.29, 1.82) is 0 Å². The molecule has 0 bridgehead atoms. The molecular formula is C37H23BrN2. The Bertz CT molecular complexity index is 2170. The number of benzene rings is 7. The predicted molar refractivity (Wildman–Crippen MR) is 172 cm³/mol. The van der Waals surface area contributed by atoms with E-state index in [0.717, 1.165) is 32.6 Å². The molecule has 1 heterocycles. The van der Waals surface area contributed by atoms with Crippen molar-refractivity contribution in [3.8, 4) is 28.2 Å². The molecule has 3 heteroatoms. The molecule has 1 aromatic heterocycles. The summed E-state index contributed by atoms with van der Waals surface area (Å²) >= 11 is 3.89. The summed E-state index contributed by atoms with van der Waals surface area (Å²) in [6.45, 7) is 0. The van der Waals surface area contributed by atoms with E-state index in [4.69, 9.17) is 4.98 Å². The topological polar surface area (TPSA) is 17.8 Å². The number of halogens is 1. The van der Waals surface area contributed by atoms with Crippen LogP contribution in [-0.2, 0) is 0 Å². The molecule has 0 saturated carbocycles. The first-order chi connectivity index (χ1) is 19.8. The number of imidazole rings is 1. The second-order valence-electron chi connectivity index (χ2n) is 10.2. The van der Waals surface area contributed by atoms with E-state index in [2.05, 4.69) is 148 Å². The quantitative estimate of drug-likeness (QED) is 0.192. The van der Waals surface area contributed by atoms with E-state index in [1.165, 1.54) is 43.4 Å². The van der Waals surface area contributed by atoms with Crippen LogP contribution in [0.25, 0.3) is 71.6 Å². The zero-order valence-corrected chi connectivity index (χ0v) is 23.1. The Balaban J connectivity index is 1.32. The monoisotopic (exact) mass is 574 g/mol. The molecular weight excluding hydrogens is 552 g/mol. The summed E-state index contributed by atoms with van der Waals surface area (Å²) in [4.78, 5) is 5.07. The summed E-state index contributed by atoms with van der Waals surface area (Å²) in [5, 5.41) is 7.36. The number of hydrogen-bond acceptors (Lipinski definition) is 1. The summed E-state index contributed by atoms with van der Waals surface area (Å²) in [6, 6.07) is 49.6. The molecule has 188 valence electrons. The van der Waals surface area contributed by atoms with Crippen molar-refractivity contribution in [2.75, 3.05) is 0 Å². The average Bonchev–Trinajstić information content (AvgIpc) is 3.41. The molecule has 0 saturated heterocycles. The van der Waals surface area contributed by atoms with Gasteiger partial charge in [-0.2, -0.15) is 0 Å². The van der Waals surface area contributed by atoms with E-state index in [9.17, 15) is 0 Å². The van der Waals surface area contributed by atoms with Gasteiger partial charge in [-0.15, -0.1) is 0 Å². The average molecular weight is 576 g/mol. The smallest absolute Gasteiger partial charge is 0.145 e. The highest BCUT2D eigenvalue weighted by molar-refractivity contribution is 9.10.